The van der Waals surface area contributed by atoms with Gasteiger partial charge in [0.15, 0.2) is 0 Å². The van der Waals surface area contributed by atoms with Gasteiger partial charge in [0.1, 0.15) is 13.2 Å². The number of carbonyl (C=O) groups is 3. The molecule has 1 spiro atoms. The molecule has 2 saturated heterocycles. The summed E-state index contributed by atoms with van der Waals surface area (Å²) < 4.78 is 10.3. The minimum atomic E-state index is -0.392. The molecule has 5 rings (SSSR count). The Morgan fingerprint density at radius 3 is 2.36 bits per heavy atom. The van der Waals surface area contributed by atoms with E-state index in [-0.39, 0.29) is 37.1 Å². The average molecular weight is 455 g/mol. The van der Waals surface area contributed by atoms with Gasteiger partial charge in [0.05, 0.1) is 28.9 Å². The molecule has 0 aromatic heterocycles. The lowest BCUT2D eigenvalue weighted by molar-refractivity contribution is -0.139. The number of ether oxygens (including phenoxy) is 2. The number of benzene rings is 1. The maximum absolute atomic E-state index is 13.4. The zero-order valence-electron chi connectivity index (χ0n) is 19.2. The maximum atomic E-state index is 13.4. The van der Waals surface area contributed by atoms with E-state index >= 15 is 0 Å². The van der Waals surface area contributed by atoms with Gasteiger partial charge in [-0.1, -0.05) is 6.07 Å². The van der Waals surface area contributed by atoms with Gasteiger partial charge >= 0.3 is 11.9 Å². The minimum absolute atomic E-state index is 0.0323. The first-order valence-electron chi connectivity index (χ1n) is 11.7. The van der Waals surface area contributed by atoms with E-state index in [4.69, 9.17) is 9.47 Å². The van der Waals surface area contributed by atoms with E-state index < -0.39 is 5.41 Å². The molecule has 1 aromatic rings. The van der Waals surface area contributed by atoms with Crippen molar-refractivity contribution in [2.75, 3.05) is 32.8 Å². The van der Waals surface area contributed by atoms with Gasteiger partial charge in [-0.05, 0) is 69.8 Å². The number of rotatable bonds is 5. The summed E-state index contributed by atoms with van der Waals surface area (Å²) in [5.74, 6) is -0.499. The van der Waals surface area contributed by atoms with Crippen LogP contribution < -0.4 is 0 Å². The Kier molecular flexibility index (Phi) is 5.53. The topological polar surface area (TPSA) is 96.4 Å². The zero-order valence-corrected chi connectivity index (χ0v) is 19.2. The fourth-order valence-electron chi connectivity index (χ4n) is 5.79. The van der Waals surface area contributed by atoms with Gasteiger partial charge in [0, 0.05) is 18.2 Å². The Morgan fingerprint density at radius 2 is 1.70 bits per heavy atom. The Labute approximate surface area is 193 Å². The van der Waals surface area contributed by atoms with Crippen molar-refractivity contribution in [2.45, 2.75) is 52.2 Å². The second-order valence-corrected chi connectivity index (χ2v) is 9.66. The fourth-order valence-corrected chi connectivity index (χ4v) is 5.79. The van der Waals surface area contributed by atoms with Gasteiger partial charge in [-0.2, -0.15) is 0 Å². The highest BCUT2D eigenvalue weighted by Crippen LogP contribution is 2.44. The highest BCUT2D eigenvalue weighted by atomic mass is 16.5. The second kappa shape index (κ2) is 8.25. The summed E-state index contributed by atoms with van der Waals surface area (Å²) in [6.07, 6.45) is 2.95. The lowest BCUT2D eigenvalue weighted by Gasteiger charge is -2.41. The van der Waals surface area contributed by atoms with Gasteiger partial charge in [-0.15, -0.1) is 0 Å². The van der Waals surface area contributed by atoms with E-state index in [1.165, 1.54) is 0 Å². The molecule has 2 fully saturated rings. The Bertz CT molecular complexity index is 1050. The first kappa shape index (κ1) is 22.1. The highest BCUT2D eigenvalue weighted by molar-refractivity contribution is 5.94. The van der Waals surface area contributed by atoms with Crippen LogP contribution in [0.15, 0.2) is 23.4 Å². The van der Waals surface area contributed by atoms with Crippen LogP contribution in [0.3, 0.4) is 0 Å². The molecule has 0 radical (unpaired) electrons. The molecule has 1 amide bonds. The molecule has 4 aliphatic heterocycles. The van der Waals surface area contributed by atoms with E-state index in [9.17, 15) is 19.5 Å². The van der Waals surface area contributed by atoms with Crippen molar-refractivity contribution in [3.05, 3.63) is 45.7 Å². The first-order chi connectivity index (χ1) is 15.8. The summed E-state index contributed by atoms with van der Waals surface area (Å²) >= 11 is 0. The van der Waals surface area contributed by atoms with Crippen LogP contribution in [0.4, 0.5) is 0 Å². The summed E-state index contributed by atoms with van der Waals surface area (Å²) in [6, 6.07) is 3.75. The summed E-state index contributed by atoms with van der Waals surface area (Å²) in [4.78, 5) is 41.0. The number of hydrogen-bond acceptors (Lipinski definition) is 7. The predicted octanol–water partition coefficient (Wildman–Crippen LogP) is 1.71. The van der Waals surface area contributed by atoms with Crippen LogP contribution in [0, 0.1) is 12.3 Å². The van der Waals surface area contributed by atoms with Crippen molar-refractivity contribution in [3.8, 4) is 0 Å². The maximum Gasteiger partial charge on any atom is 0.338 e. The minimum Gasteiger partial charge on any atom is -0.457 e. The van der Waals surface area contributed by atoms with Crippen LogP contribution in [0.5, 0.6) is 0 Å². The molecule has 0 aliphatic carbocycles. The van der Waals surface area contributed by atoms with E-state index in [1.807, 2.05) is 19.1 Å². The van der Waals surface area contributed by atoms with E-state index in [0.717, 1.165) is 49.0 Å². The third kappa shape index (κ3) is 3.56. The average Bonchev–Trinajstić information content (AvgIpc) is 3.46. The molecule has 0 bridgehead atoms. The lowest BCUT2D eigenvalue weighted by atomic mass is 9.76. The lowest BCUT2D eigenvalue weighted by Crippen LogP contribution is -2.49. The molecule has 0 saturated carbocycles. The van der Waals surface area contributed by atoms with Gasteiger partial charge in [-0.25, -0.2) is 9.59 Å². The van der Waals surface area contributed by atoms with Crippen LogP contribution in [0.25, 0.3) is 0 Å². The third-order valence-corrected chi connectivity index (χ3v) is 8.13. The fraction of sp³-hybridized carbons (Fsp3) is 0.560. The van der Waals surface area contributed by atoms with Gasteiger partial charge < -0.3 is 19.5 Å². The van der Waals surface area contributed by atoms with Crippen LogP contribution >= 0.6 is 0 Å². The van der Waals surface area contributed by atoms with Crippen molar-refractivity contribution in [3.63, 3.8) is 0 Å². The number of fused-ring (bicyclic) bond motifs is 1. The number of cyclic esters (lactones) is 2. The van der Waals surface area contributed by atoms with Crippen molar-refractivity contribution in [2.24, 2.45) is 5.41 Å². The standard InChI is InChI=1S/C25H30N2O6/c1-15-17(3-4-19-20(15)13-32-23(19)30)11-18(12-28)26-8-5-25(6-9-26)7-10-27(24(25)31)21-14-33-22(29)16(21)2/h3-4,18,28H,5-14H2,1-2H3. The molecule has 8 heteroatoms. The summed E-state index contributed by atoms with van der Waals surface area (Å²) in [7, 11) is 0. The van der Waals surface area contributed by atoms with E-state index in [0.29, 0.717) is 36.4 Å². The third-order valence-electron chi connectivity index (χ3n) is 8.13. The quantitative estimate of drug-likeness (QED) is 0.677. The van der Waals surface area contributed by atoms with Gasteiger partial charge in [0.2, 0.25) is 5.91 Å². The number of nitrogens with zero attached hydrogens (tertiary/aromatic N) is 2. The van der Waals surface area contributed by atoms with Crippen molar-refractivity contribution < 1.29 is 29.0 Å². The predicted molar refractivity (Wildman–Crippen MR) is 118 cm³/mol. The number of amides is 1. The zero-order chi connectivity index (χ0) is 23.3. The number of piperidine rings is 1. The Hall–Kier alpha value is -2.71. The van der Waals surface area contributed by atoms with Gasteiger partial charge in [-0.3, -0.25) is 9.69 Å². The molecule has 1 N–H and O–H groups in total. The van der Waals surface area contributed by atoms with Crippen LogP contribution in [-0.2, 0) is 32.1 Å². The van der Waals surface area contributed by atoms with Crippen LogP contribution in [0.1, 0.15) is 53.2 Å². The number of aliphatic hydroxyl groups is 1. The molecule has 8 nitrogen and oxygen atoms in total. The number of aliphatic hydroxyl groups excluding tert-OH is 1. The number of likely N-dealkylation sites (tertiary alicyclic amines) is 2. The van der Waals surface area contributed by atoms with Gasteiger partial charge in [0.25, 0.3) is 0 Å². The molecule has 1 unspecified atom stereocenters. The molecule has 176 valence electrons. The number of hydrogen-bond donors (Lipinski definition) is 1. The molecule has 1 aromatic carbocycles. The van der Waals surface area contributed by atoms with Crippen LogP contribution in [-0.4, -0.2) is 71.6 Å². The summed E-state index contributed by atoms with van der Waals surface area (Å²) in [5, 5.41) is 10.2. The molecule has 4 heterocycles. The molecular weight excluding hydrogens is 424 g/mol. The van der Waals surface area contributed by atoms with Crippen molar-refractivity contribution in [1.82, 2.24) is 9.80 Å². The molecular formula is C25H30N2O6. The van der Waals surface area contributed by atoms with Crippen LogP contribution in [0.2, 0.25) is 0 Å². The van der Waals surface area contributed by atoms with E-state index in [1.54, 1.807) is 11.8 Å². The highest BCUT2D eigenvalue weighted by Gasteiger charge is 2.50. The van der Waals surface area contributed by atoms with Crippen molar-refractivity contribution in [1.29, 1.82) is 0 Å². The summed E-state index contributed by atoms with van der Waals surface area (Å²) in [6.45, 7) is 6.37. The normalized spacial score (nSPS) is 23.4. The SMILES string of the molecule is CC1=C(N2CCC3(CCN(C(CO)Cc4ccc5c(c4C)COC5=O)CC3)C2=O)COC1=O. The van der Waals surface area contributed by atoms with E-state index in [2.05, 4.69) is 4.90 Å². The Balaban J connectivity index is 1.26. The Morgan fingerprint density at radius 1 is 1.00 bits per heavy atom. The van der Waals surface area contributed by atoms with Crippen molar-refractivity contribution >= 4 is 17.8 Å². The second-order valence-electron chi connectivity index (χ2n) is 9.66. The number of esters is 2. The largest absolute Gasteiger partial charge is 0.457 e. The molecule has 1 atom stereocenters. The molecule has 33 heavy (non-hydrogen) atoms. The molecule has 4 aliphatic rings. The first-order valence-corrected chi connectivity index (χ1v) is 11.7. The summed E-state index contributed by atoms with van der Waals surface area (Å²) in [5.41, 5.74) is 4.62. The smallest absolute Gasteiger partial charge is 0.338 e. The monoisotopic (exact) mass is 454 g/mol. The number of carbonyl (C=O) groups excluding carboxylic acids is 3.